The summed E-state index contributed by atoms with van der Waals surface area (Å²) in [4.78, 5) is 27.3. The largest absolute Gasteiger partial charge is 0.396 e. The van der Waals surface area contributed by atoms with Crippen molar-refractivity contribution in [1.29, 1.82) is 0 Å². The van der Waals surface area contributed by atoms with Gasteiger partial charge in [-0.15, -0.1) is 0 Å². The second-order valence-electron chi connectivity index (χ2n) is 5.17. The van der Waals surface area contributed by atoms with Crippen LogP contribution >= 0.6 is 0 Å². The molecule has 0 aromatic carbocycles. The fourth-order valence-corrected chi connectivity index (χ4v) is 2.92. The van der Waals surface area contributed by atoms with Crippen LogP contribution < -0.4 is 0 Å². The minimum atomic E-state index is 0.0747. The SMILES string of the molecule is O=C1CCCN1CC(=O)N1CCCC1CCCO. The molecule has 0 aromatic heterocycles. The first-order valence-electron chi connectivity index (χ1n) is 6.90. The van der Waals surface area contributed by atoms with Crippen LogP contribution in [0.3, 0.4) is 0 Å². The number of aliphatic hydroxyl groups is 1. The Morgan fingerprint density at radius 1 is 1.33 bits per heavy atom. The second kappa shape index (κ2) is 6.18. The van der Waals surface area contributed by atoms with E-state index in [-0.39, 0.29) is 31.0 Å². The fraction of sp³-hybridized carbons (Fsp3) is 0.846. The van der Waals surface area contributed by atoms with Crippen LogP contribution in [0.2, 0.25) is 0 Å². The van der Waals surface area contributed by atoms with Crippen molar-refractivity contribution in [3.8, 4) is 0 Å². The van der Waals surface area contributed by atoms with Crippen molar-refractivity contribution in [2.75, 3.05) is 26.2 Å². The maximum Gasteiger partial charge on any atom is 0.242 e. The lowest BCUT2D eigenvalue weighted by Gasteiger charge is -2.27. The molecule has 1 atom stereocenters. The van der Waals surface area contributed by atoms with Gasteiger partial charge in [0.1, 0.15) is 0 Å². The lowest BCUT2D eigenvalue weighted by molar-refractivity contribution is -0.139. The highest BCUT2D eigenvalue weighted by Crippen LogP contribution is 2.22. The van der Waals surface area contributed by atoms with E-state index in [1.807, 2.05) is 4.90 Å². The third-order valence-corrected chi connectivity index (χ3v) is 3.89. The van der Waals surface area contributed by atoms with Crippen LogP contribution in [0.5, 0.6) is 0 Å². The molecule has 0 aliphatic carbocycles. The van der Waals surface area contributed by atoms with Crippen molar-refractivity contribution in [3.05, 3.63) is 0 Å². The van der Waals surface area contributed by atoms with Gasteiger partial charge in [-0.05, 0) is 32.1 Å². The minimum absolute atomic E-state index is 0.0747. The summed E-state index contributed by atoms with van der Waals surface area (Å²) < 4.78 is 0. The number of nitrogens with zero attached hydrogens (tertiary/aromatic N) is 2. The third-order valence-electron chi connectivity index (χ3n) is 3.89. The van der Waals surface area contributed by atoms with Crippen molar-refractivity contribution in [3.63, 3.8) is 0 Å². The number of aliphatic hydroxyl groups excluding tert-OH is 1. The summed E-state index contributed by atoms with van der Waals surface area (Å²) in [5.74, 6) is 0.181. The van der Waals surface area contributed by atoms with Gasteiger partial charge in [0.15, 0.2) is 0 Å². The maximum atomic E-state index is 12.2. The number of hydrogen-bond acceptors (Lipinski definition) is 3. The minimum Gasteiger partial charge on any atom is -0.396 e. The maximum absolute atomic E-state index is 12.2. The van der Waals surface area contributed by atoms with Crippen LogP contribution in [-0.4, -0.2) is 59.0 Å². The van der Waals surface area contributed by atoms with E-state index in [0.29, 0.717) is 6.42 Å². The monoisotopic (exact) mass is 254 g/mol. The summed E-state index contributed by atoms with van der Waals surface area (Å²) >= 11 is 0. The Hall–Kier alpha value is -1.10. The molecular weight excluding hydrogens is 232 g/mol. The average Bonchev–Trinajstić information content (AvgIpc) is 2.96. The number of carbonyl (C=O) groups is 2. The van der Waals surface area contributed by atoms with E-state index in [1.165, 1.54) is 0 Å². The Morgan fingerprint density at radius 2 is 2.17 bits per heavy atom. The number of carbonyl (C=O) groups excluding carboxylic acids is 2. The van der Waals surface area contributed by atoms with Crippen molar-refractivity contribution in [1.82, 2.24) is 9.80 Å². The van der Waals surface area contributed by atoms with Gasteiger partial charge in [0.25, 0.3) is 0 Å². The first-order valence-corrected chi connectivity index (χ1v) is 6.90. The Morgan fingerprint density at radius 3 is 2.83 bits per heavy atom. The molecule has 0 aromatic rings. The predicted octanol–water partition coefficient (Wildman–Crippen LogP) is 0.372. The van der Waals surface area contributed by atoms with Gasteiger partial charge in [0, 0.05) is 32.2 Å². The molecule has 1 unspecified atom stereocenters. The van der Waals surface area contributed by atoms with Crippen LogP contribution in [0.25, 0.3) is 0 Å². The zero-order valence-electron chi connectivity index (χ0n) is 10.8. The summed E-state index contributed by atoms with van der Waals surface area (Å²) in [5, 5.41) is 8.86. The first-order chi connectivity index (χ1) is 8.72. The summed E-state index contributed by atoms with van der Waals surface area (Å²) in [5.41, 5.74) is 0. The Kier molecular flexibility index (Phi) is 4.58. The van der Waals surface area contributed by atoms with E-state index in [2.05, 4.69) is 0 Å². The van der Waals surface area contributed by atoms with Gasteiger partial charge in [-0.3, -0.25) is 9.59 Å². The molecule has 2 aliphatic rings. The van der Waals surface area contributed by atoms with Gasteiger partial charge in [-0.1, -0.05) is 0 Å². The number of amides is 2. The second-order valence-corrected chi connectivity index (χ2v) is 5.17. The van der Waals surface area contributed by atoms with Crippen LogP contribution in [0.15, 0.2) is 0 Å². The molecule has 2 fully saturated rings. The molecule has 5 heteroatoms. The molecule has 0 saturated carbocycles. The standard InChI is InChI=1S/C13H22N2O3/c16-9-3-5-11-4-1-8-15(11)13(18)10-14-7-2-6-12(14)17/h11,16H,1-10H2. The first kappa shape index (κ1) is 13.3. The average molecular weight is 254 g/mol. The summed E-state index contributed by atoms with van der Waals surface area (Å²) in [7, 11) is 0. The summed E-state index contributed by atoms with van der Waals surface area (Å²) in [6.07, 6.45) is 5.14. The highest BCUT2D eigenvalue weighted by molar-refractivity contribution is 5.86. The molecule has 5 nitrogen and oxygen atoms in total. The smallest absolute Gasteiger partial charge is 0.242 e. The Balaban J connectivity index is 1.85. The summed E-state index contributed by atoms with van der Waals surface area (Å²) in [6, 6.07) is 0.266. The molecule has 102 valence electrons. The molecule has 0 bridgehead atoms. The van der Waals surface area contributed by atoms with E-state index >= 15 is 0 Å². The van der Waals surface area contributed by atoms with Crippen molar-refractivity contribution < 1.29 is 14.7 Å². The highest BCUT2D eigenvalue weighted by Gasteiger charge is 2.31. The van der Waals surface area contributed by atoms with Gasteiger partial charge < -0.3 is 14.9 Å². The Labute approximate surface area is 108 Å². The number of hydrogen-bond donors (Lipinski definition) is 1. The van der Waals surface area contributed by atoms with Gasteiger partial charge in [0.05, 0.1) is 6.54 Å². The Bertz CT molecular complexity index is 319. The normalized spacial score (nSPS) is 24.1. The molecule has 1 N–H and O–H groups in total. The fourth-order valence-electron chi connectivity index (χ4n) is 2.92. The van der Waals surface area contributed by atoms with Crippen LogP contribution in [-0.2, 0) is 9.59 Å². The topological polar surface area (TPSA) is 60.9 Å². The van der Waals surface area contributed by atoms with E-state index in [9.17, 15) is 9.59 Å². The van der Waals surface area contributed by atoms with Crippen LogP contribution in [0.4, 0.5) is 0 Å². The van der Waals surface area contributed by atoms with Gasteiger partial charge in [-0.2, -0.15) is 0 Å². The quantitative estimate of drug-likeness (QED) is 0.771. The van der Waals surface area contributed by atoms with E-state index in [4.69, 9.17) is 5.11 Å². The van der Waals surface area contributed by atoms with Crippen molar-refractivity contribution in [2.45, 2.75) is 44.6 Å². The van der Waals surface area contributed by atoms with Crippen LogP contribution in [0, 0.1) is 0 Å². The molecule has 2 rings (SSSR count). The van der Waals surface area contributed by atoms with E-state index < -0.39 is 0 Å². The highest BCUT2D eigenvalue weighted by atomic mass is 16.3. The van der Waals surface area contributed by atoms with Gasteiger partial charge in [0.2, 0.25) is 11.8 Å². The lowest BCUT2D eigenvalue weighted by atomic mass is 10.1. The molecular formula is C13H22N2O3. The third kappa shape index (κ3) is 3.02. The zero-order valence-corrected chi connectivity index (χ0v) is 10.8. The molecule has 2 amide bonds. The number of rotatable bonds is 5. The molecule has 2 heterocycles. The zero-order chi connectivity index (χ0) is 13.0. The lowest BCUT2D eigenvalue weighted by Crippen LogP contribution is -2.43. The molecule has 0 spiro atoms. The summed E-state index contributed by atoms with van der Waals surface area (Å²) in [6.45, 7) is 1.95. The van der Waals surface area contributed by atoms with Gasteiger partial charge >= 0.3 is 0 Å². The van der Waals surface area contributed by atoms with E-state index in [1.54, 1.807) is 4.90 Å². The van der Waals surface area contributed by atoms with Gasteiger partial charge in [-0.25, -0.2) is 0 Å². The van der Waals surface area contributed by atoms with Crippen molar-refractivity contribution in [2.24, 2.45) is 0 Å². The predicted molar refractivity (Wildman–Crippen MR) is 66.9 cm³/mol. The molecule has 2 saturated heterocycles. The van der Waals surface area contributed by atoms with E-state index in [0.717, 1.165) is 45.2 Å². The molecule has 2 aliphatic heterocycles. The van der Waals surface area contributed by atoms with Crippen molar-refractivity contribution >= 4 is 11.8 Å². The van der Waals surface area contributed by atoms with Crippen LogP contribution in [0.1, 0.15) is 38.5 Å². The molecule has 0 radical (unpaired) electrons. The number of likely N-dealkylation sites (tertiary alicyclic amines) is 2. The molecule has 18 heavy (non-hydrogen) atoms.